The maximum Gasteiger partial charge on any atom is 0.410 e. The highest BCUT2D eigenvalue weighted by Gasteiger charge is 2.29. The molecule has 110 valence electrons. The molecule has 2 heterocycles. The first-order valence-corrected chi connectivity index (χ1v) is 7.38. The second-order valence-electron chi connectivity index (χ2n) is 6.50. The van der Waals surface area contributed by atoms with Gasteiger partial charge in [0.2, 0.25) is 0 Å². The number of hydrogen-bond donors (Lipinski definition) is 1. The Hall–Kier alpha value is -0.810. The fraction of sp³-hybridized carbons (Fsp3) is 0.929. The molecule has 1 amide bonds. The average Bonchev–Trinajstić information content (AvgIpc) is 2.38. The molecule has 0 aromatic carbocycles. The number of carbonyl (C=O) groups is 1. The first-order chi connectivity index (χ1) is 8.96. The number of ether oxygens (including phenoxy) is 1. The topological polar surface area (TPSA) is 44.8 Å². The Balaban J connectivity index is 1.77. The van der Waals surface area contributed by atoms with Crippen molar-refractivity contribution in [2.24, 2.45) is 0 Å². The van der Waals surface area contributed by atoms with Crippen molar-refractivity contribution < 1.29 is 9.53 Å². The standard InChI is InChI=1S/C14H27N3O2/c1-14(2,3)19-13(18)17-9-7-16(8-10-17)12-5-4-6-15-11-12/h12,15H,4-11H2,1-3H3/t12-/m1/s1. The van der Waals surface area contributed by atoms with E-state index in [1.165, 1.54) is 12.8 Å². The molecule has 0 unspecified atom stereocenters. The van der Waals surface area contributed by atoms with Crippen molar-refractivity contribution in [1.82, 2.24) is 15.1 Å². The van der Waals surface area contributed by atoms with Crippen LogP contribution in [0.5, 0.6) is 0 Å². The van der Waals surface area contributed by atoms with Gasteiger partial charge in [-0.25, -0.2) is 4.79 Å². The zero-order chi connectivity index (χ0) is 13.9. The van der Waals surface area contributed by atoms with E-state index >= 15 is 0 Å². The van der Waals surface area contributed by atoms with Crippen LogP contribution in [0.15, 0.2) is 0 Å². The van der Waals surface area contributed by atoms with Crippen molar-refractivity contribution in [3.63, 3.8) is 0 Å². The first kappa shape index (κ1) is 14.6. The van der Waals surface area contributed by atoms with Gasteiger partial charge in [-0.1, -0.05) is 0 Å². The van der Waals surface area contributed by atoms with Crippen LogP contribution in [0.25, 0.3) is 0 Å². The molecule has 0 aromatic rings. The number of nitrogens with zero attached hydrogens (tertiary/aromatic N) is 2. The van der Waals surface area contributed by atoms with Gasteiger partial charge in [0.1, 0.15) is 5.60 Å². The maximum atomic E-state index is 12.0. The number of rotatable bonds is 1. The van der Waals surface area contributed by atoms with Crippen molar-refractivity contribution in [2.45, 2.75) is 45.3 Å². The monoisotopic (exact) mass is 269 g/mol. The van der Waals surface area contributed by atoms with Gasteiger partial charge in [0.05, 0.1) is 0 Å². The van der Waals surface area contributed by atoms with Crippen LogP contribution in [0, 0.1) is 0 Å². The van der Waals surface area contributed by atoms with Crippen LogP contribution in [-0.4, -0.2) is 66.8 Å². The van der Waals surface area contributed by atoms with Crippen molar-refractivity contribution in [3.05, 3.63) is 0 Å². The van der Waals surface area contributed by atoms with E-state index < -0.39 is 5.60 Å². The van der Waals surface area contributed by atoms with Gasteiger partial charge in [-0.15, -0.1) is 0 Å². The normalized spacial score (nSPS) is 26.3. The molecule has 0 spiro atoms. The van der Waals surface area contributed by atoms with E-state index in [0.29, 0.717) is 6.04 Å². The van der Waals surface area contributed by atoms with Crippen LogP contribution in [-0.2, 0) is 4.74 Å². The van der Waals surface area contributed by atoms with Gasteiger partial charge < -0.3 is 15.0 Å². The Morgan fingerprint density at radius 3 is 2.42 bits per heavy atom. The van der Waals surface area contributed by atoms with Crippen LogP contribution in [0.3, 0.4) is 0 Å². The van der Waals surface area contributed by atoms with Crippen molar-refractivity contribution in [2.75, 3.05) is 39.3 Å². The Morgan fingerprint density at radius 2 is 1.89 bits per heavy atom. The molecule has 1 N–H and O–H groups in total. The van der Waals surface area contributed by atoms with Gasteiger partial charge in [-0.05, 0) is 40.2 Å². The summed E-state index contributed by atoms with van der Waals surface area (Å²) in [6.07, 6.45) is 2.37. The average molecular weight is 269 g/mol. The Morgan fingerprint density at radius 1 is 1.21 bits per heavy atom. The molecule has 0 bridgehead atoms. The van der Waals surface area contributed by atoms with Crippen LogP contribution in [0.4, 0.5) is 4.79 Å². The van der Waals surface area contributed by atoms with Gasteiger partial charge in [0, 0.05) is 38.8 Å². The molecule has 0 radical (unpaired) electrons. The smallest absolute Gasteiger partial charge is 0.410 e. The minimum atomic E-state index is -0.401. The third-order valence-electron chi connectivity index (χ3n) is 3.75. The van der Waals surface area contributed by atoms with E-state index in [4.69, 9.17) is 4.74 Å². The van der Waals surface area contributed by atoms with E-state index in [0.717, 1.165) is 39.3 Å². The lowest BCUT2D eigenvalue weighted by Gasteiger charge is -2.41. The van der Waals surface area contributed by atoms with Gasteiger partial charge in [-0.2, -0.15) is 0 Å². The summed E-state index contributed by atoms with van der Waals surface area (Å²) in [4.78, 5) is 16.3. The predicted octanol–water partition coefficient (Wildman–Crippen LogP) is 1.29. The Labute approximate surface area is 116 Å². The van der Waals surface area contributed by atoms with Crippen molar-refractivity contribution in [1.29, 1.82) is 0 Å². The van der Waals surface area contributed by atoms with E-state index in [-0.39, 0.29) is 6.09 Å². The number of hydrogen-bond acceptors (Lipinski definition) is 4. The summed E-state index contributed by atoms with van der Waals surface area (Å²) in [6.45, 7) is 11.5. The van der Waals surface area contributed by atoms with Gasteiger partial charge in [0.25, 0.3) is 0 Å². The summed E-state index contributed by atoms with van der Waals surface area (Å²) in [5, 5.41) is 3.45. The molecule has 0 aromatic heterocycles. The van der Waals surface area contributed by atoms with Crippen molar-refractivity contribution in [3.8, 4) is 0 Å². The Kier molecular flexibility index (Phi) is 4.68. The lowest BCUT2D eigenvalue weighted by Crippen LogP contribution is -2.55. The van der Waals surface area contributed by atoms with Crippen LogP contribution >= 0.6 is 0 Å². The van der Waals surface area contributed by atoms with E-state index in [9.17, 15) is 4.79 Å². The van der Waals surface area contributed by atoms with E-state index in [1.54, 1.807) is 0 Å². The lowest BCUT2D eigenvalue weighted by molar-refractivity contribution is 0.00907. The van der Waals surface area contributed by atoms with Gasteiger partial charge in [0.15, 0.2) is 0 Å². The van der Waals surface area contributed by atoms with Crippen LogP contribution in [0.2, 0.25) is 0 Å². The summed E-state index contributed by atoms with van der Waals surface area (Å²) >= 11 is 0. The molecule has 5 nitrogen and oxygen atoms in total. The summed E-state index contributed by atoms with van der Waals surface area (Å²) in [5.41, 5.74) is -0.401. The third-order valence-corrected chi connectivity index (χ3v) is 3.75. The molecule has 0 saturated carbocycles. The quantitative estimate of drug-likeness (QED) is 0.779. The summed E-state index contributed by atoms with van der Waals surface area (Å²) < 4.78 is 5.41. The molecule has 2 saturated heterocycles. The van der Waals surface area contributed by atoms with Gasteiger partial charge in [-0.3, -0.25) is 4.90 Å². The number of amides is 1. The highest BCUT2D eigenvalue weighted by Crippen LogP contribution is 2.15. The second kappa shape index (κ2) is 6.09. The maximum absolute atomic E-state index is 12.0. The zero-order valence-corrected chi connectivity index (χ0v) is 12.4. The highest BCUT2D eigenvalue weighted by molar-refractivity contribution is 5.68. The number of piperazine rings is 1. The fourth-order valence-corrected chi connectivity index (χ4v) is 2.74. The predicted molar refractivity (Wildman–Crippen MR) is 75.3 cm³/mol. The molecular weight excluding hydrogens is 242 g/mol. The molecule has 1 atom stereocenters. The lowest BCUT2D eigenvalue weighted by atomic mass is 10.1. The third kappa shape index (κ3) is 4.35. The number of piperidine rings is 1. The minimum absolute atomic E-state index is 0.172. The molecule has 2 aliphatic rings. The minimum Gasteiger partial charge on any atom is -0.444 e. The second-order valence-corrected chi connectivity index (χ2v) is 6.50. The Bertz CT molecular complexity index is 300. The largest absolute Gasteiger partial charge is 0.444 e. The zero-order valence-electron chi connectivity index (χ0n) is 12.4. The molecule has 2 aliphatic heterocycles. The summed E-state index contributed by atoms with van der Waals surface area (Å²) in [7, 11) is 0. The number of nitrogens with one attached hydrogen (secondary N) is 1. The van der Waals surface area contributed by atoms with Crippen LogP contribution < -0.4 is 5.32 Å². The fourth-order valence-electron chi connectivity index (χ4n) is 2.74. The SMILES string of the molecule is CC(C)(C)OC(=O)N1CCN([C@@H]2CCCNC2)CC1. The van der Waals surface area contributed by atoms with E-state index in [1.807, 2.05) is 25.7 Å². The molecule has 0 aliphatic carbocycles. The van der Waals surface area contributed by atoms with Crippen LogP contribution in [0.1, 0.15) is 33.6 Å². The number of carbonyl (C=O) groups excluding carboxylic acids is 1. The molecular formula is C14H27N3O2. The van der Waals surface area contributed by atoms with Gasteiger partial charge >= 0.3 is 6.09 Å². The summed E-state index contributed by atoms with van der Waals surface area (Å²) in [6, 6.07) is 0.648. The molecule has 5 heteroatoms. The highest BCUT2D eigenvalue weighted by atomic mass is 16.6. The first-order valence-electron chi connectivity index (χ1n) is 7.38. The molecule has 2 fully saturated rings. The van der Waals surface area contributed by atoms with E-state index in [2.05, 4.69) is 10.2 Å². The molecule has 2 rings (SSSR count). The molecule has 19 heavy (non-hydrogen) atoms. The van der Waals surface area contributed by atoms with Crippen molar-refractivity contribution >= 4 is 6.09 Å². The summed E-state index contributed by atoms with van der Waals surface area (Å²) in [5.74, 6) is 0.